The number of thioether (sulfide) groups is 1. The molecular formula is C20H19NO3S2. The van der Waals surface area contributed by atoms with Crippen molar-refractivity contribution < 1.29 is 14.3 Å². The standard InChI is InChI=1S/C20H19NO3S2/c1-4-13-8-5-6-10-15(13)21-19(22)17(26-20(21)25)12-14-9-7-11-16(23-2)18(14)24-3/h5-12H,4H2,1-3H3/b17-12-. The number of methoxy groups -OCH3 is 2. The third-order valence-electron chi connectivity index (χ3n) is 4.13. The Morgan fingerprint density at radius 1 is 1.12 bits per heavy atom. The van der Waals surface area contributed by atoms with E-state index in [1.165, 1.54) is 11.8 Å². The Hall–Kier alpha value is -2.31. The highest BCUT2D eigenvalue weighted by Gasteiger charge is 2.34. The van der Waals surface area contributed by atoms with Gasteiger partial charge in [-0.15, -0.1) is 0 Å². The van der Waals surface area contributed by atoms with Gasteiger partial charge in [-0.2, -0.15) is 0 Å². The van der Waals surface area contributed by atoms with E-state index in [9.17, 15) is 4.79 Å². The summed E-state index contributed by atoms with van der Waals surface area (Å²) < 4.78 is 11.3. The summed E-state index contributed by atoms with van der Waals surface area (Å²) >= 11 is 6.78. The second-order valence-corrected chi connectivity index (χ2v) is 7.26. The number of hydrogen-bond acceptors (Lipinski definition) is 5. The zero-order valence-corrected chi connectivity index (χ0v) is 16.4. The Labute approximate surface area is 162 Å². The first kappa shape index (κ1) is 18.5. The van der Waals surface area contributed by atoms with Crippen molar-refractivity contribution in [3.8, 4) is 11.5 Å². The van der Waals surface area contributed by atoms with Crippen LogP contribution < -0.4 is 14.4 Å². The van der Waals surface area contributed by atoms with E-state index in [0.717, 1.165) is 23.2 Å². The maximum absolute atomic E-state index is 13.0. The lowest BCUT2D eigenvalue weighted by atomic mass is 10.1. The second kappa shape index (κ2) is 7.93. The normalized spacial score (nSPS) is 15.7. The van der Waals surface area contributed by atoms with Crippen LogP contribution in [0.1, 0.15) is 18.1 Å². The zero-order chi connectivity index (χ0) is 18.7. The molecule has 1 saturated heterocycles. The van der Waals surface area contributed by atoms with E-state index >= 15 is 0 Å². The molecule has 1 heterocycles. The number of carbonyl (C=O) groups excluding carboxylic acids is 1. The van der Waals surface area contributed by atoms with Gasteiger partial charge in [0.05, 0.1) is 24.8 Å². The zero-order valence-electron chi connectivity index (χ0n) is 14.8. The summed E-state index contributed by atoms with van der Waals surface area (Å²) in [4.78, 5) is 15.2. The predicted molar refractivity (Wildman–Crippen MR) is 111 cm³/mol. The summed E-state index contributed by atoms with van der Waals surface area (Å²) in [5.74, 6) is 1.09. The third kappa shape index (κ3) is 3.34. The van der Waals surface area contributed by atoms with Crippen LogP contribution in [0.25, 0.3) is 6.08 Å². The second-order valence-electron chi connectivity index (χ2n) is 5.58. The van der Waals surface area contributed by atoms with Crippen LogP contribution in [-0.4, -0.2) is 24.4 Å². The van der Waals surface area contributed by atoms with Crippen molar-refractivity contribution >= 4 is 46.0 Å². The fourth-order valence-corrected chi connectivity index (χ4v) is 4.15. The first-order chi connectivity index (χ1) is 12.6. The van der Waals surface area contributed by atoms with Crippen LogP contribution in [0.3, 0.4) is 0 Å². The Kier molecular flexibility index (Phi) is 5.64. The van der Waals surface area contributed by atoms with E-state index in [1.807, 2.05) is 42.5 Å². The fraction of sp³-hybridized carbons (Fsp3) is 0.200. The molecule has 134 valence electrons. The lowest BCUT2D eigenvalue weighted by molar-refractivity contribution is -0.113. The van der Waals surface area contributed by atoms with Crippen LogP contribution in [0.15, 0.2) is 47.4 Å². The minimum atomic E-state index is -0.120. The van der Waals surface area contributed by atoms with E-state index < -0.39 is 0 Å². The van der Waals surface area contributed by atoms with Gasteiger partial charge in [-0.05, 0) is 30.2 Å². The van der Waals surface area contributed by atoms with Gasteiger partial charge in [0, 0.05) is 5.56 Å². The highest BCUT2D eigenvalue weighted by molar-refractivity contribution is 8.27. The van der Waals surface area contributed by atoms with E-state index in [-0.39, 0.29) is 5.91 Å². The monoisotopic (exact) mass is 385 g/mol. The molecule has 0 aromatic heterocycles. The number of rotatable bonds is 5. The Morgan fingerprint density at radius 2 is 1.88 bits per heavy atom. The van der Waals surface area contributed by atoms with E-state index in [2.05, 4.69) is 6.92 Å². The van der Waals surface area contributed by atoms with Crippen molar-refractivity contribution in [1.29, 1.82) is 0 Å². The largest absolute Gasteiger partial charge is 0.493 e. The van der Waals surface area contributed by atoms with Crippen LogP contribution in [0.5, 0.6) is 11.5 Å². The molecule has 0 bridgehead atoms. The molecule has 0 spiro atoms. The molecule has 0 unspecified atom stereocenters. The molecule has 2 aromatic carbocycles. The van der Waals surface area contributed by atoms with Crippen LogP contribution in [0, 0.1) is 0 Å². The van der Waals surface area contributed by atoms with Crippen LogP contribution in [0.2, 0.25) is 0 Å². The van der Waals surface area contributed by atoms with E-state index in [4.69, 9.17) is 21.7 Å². The minimum absolute atomic E-state index is 0.120. The molecule has 0 N–H and O–H groups in total. The average molecular weight is 386 g/mol. The van der Waals surface area contributed by atoms with Gasteiger partial charge in [-0.1, -0.05) is 61.2 Å². The SMILES string of the molecule is CCc1ccccc1N1C(=O)/C(=C/c2cccc(OC)c2OC)SC1=S. The smallest absolute Gasteiger partial charge is 0.270 e. The summed E-state index contributed by atoms with van der Waals surface area (Å²) in [6.45, 7) is 2.06. The quantitative estimate of drug-likeness (QED) is 0.552. The fourth-order valence-electron chi connectivity index (χ4n) is 2.87. The molecule has 26 heavy (non-hydrogen) atoms. The van der Waals surface area contributed by atoms with Gasteiger partial charge in [-0.25, -0.2) is 0 Å². The molecule has 2 aromatic rings. The summed E-state index contributed by atoms with van der Waals surface area (Å²) in [7, 11) is 3.17. The number of ether oxygens (including phenoxy) is 2. The first-order valence-electron chi connectivity index (χ1n) is 8.17. The molecular weight excluding hydrogens is 366 g/mol. The van der Waals surface area contributed by atoms with Crippen molar-refractivity contribution in [3.05, 3.63) is 58.5 Å². The molecule has 6 heteroatoms. The molecule has 0 saturated carbocycles. The maximum Gasteiger partial charge on any atom is 0.270 e. The van der Waals surface area contributed by atoms with Gasteiger partial charge in [0.15, 0.2) is 15.8 Å². The molecule has 1 aliphatic heterocycles. The van der Waals surface area contributed by atoms with Crippen LogP contribution in [0.4, 0.5) is 5.69 Å². The third-order valence-corrected chi connectivity index (χ3v) is 5.43. The summed E-state index contributed by atoms with van der Waals surface area (Å²) in [5.41, 5.74) is 2.71. The molecule has 0 aliphatic carbocycles. The highest BCUT2D eigenvalue weighted by atomic mass is 32.2. The van der Waals surface area contributed by atoms with Gasteiger partial charge in [0.25, 0.3) is 5.91 Å². The van der Waals surface area contributed by atoms with Crippen molar-refractivity contribution in [2.75, 3.05) is 19.1 Å². The summed E-state index contributed by atoms with van der Waals surface area (Å²) in [5, 5.41) is 0. The van der Waals surface area contributed by atoms with Crippen molar-refractivity contribution in [3.63, 3.8) is 0 Å². The summed E-state index contributed by atoms with van der Waals surface area (Å²) in [6, 6.07) is 13.4. The molecule has 1 fully saturated rings. The highest BCUT2D eigenvalue weighted by Crippen LogP contribution is 2.39. The number of aryl methyl sites for hydroxylation is 1. The number of carbonyl (C=O) groups is 1. The van der Waals surface area contributed by atoms with Gasteiger partial charge >= 0.3 is 0 Å². The number of para-hydroxylation sites is 2. The van der Waals surface area contributed by atoms with Gasteiger partial charge < -0.3 is 9.47 Å². The number of hydrogen-bond donors (Lipinski definition) is 0. The molecule has 1 aliphatic rings. The Morgan fingerprint density at radius 3 is 2.58 bits per heavy atom. The van der Waals surface area contributed by atoms with Gasteiger partial charge in [-0.3, -0.25) is 9.69 Å². The average Bonchev–Trinajstić information content (AvgIpc) is 2.94. The number of benzene rings is 2. The Bertz CT molecular complexity index is 892. The van der Waals surface area contributed by atoms with Crippen molar-refractivity contribution in [2.45, 2.75) is 13.3 Å². The minimum Gasteiger partial charge on any atom is -0.493 e. The van der Waals surface area contributed by atoms with Crippen LogP contribution in [-0.2, 0) is 11.2 Å². The lowest BCUT2D eigenvalue weighted by Gasteiger charge is -2.18. The molecule has 3 rings (SSSR count). The molecule has 0 radical (unpaired) electrons. The molecule has 1 amide bonds. The van der Waals surface area contributed by atoms with Gasteiger partial charge in [0.2, 0.25) is 0 Å². The van der Waals surface area contributed by atoms with Crippen molar-refractivity contribution in [2.24, 2.45) is 0 Å². The summed E-state index contributed by atoms with van der Waals surface area (Å²) in [6.07, 6.45) is 2.63. The predicted octanol–water partition coefficient (Wildman–Crippen LogP) is 4.67. The van der Waals surface area contributed by atoms with E-state index in [0.29, 0.717) is 20.7 Å². The van der Waals surface area contributed by atoms with Crippen LogP contribution >= 0.6 is 24.0 Å². The molecule has 4 nitrogen and oxygen atoms in total. The van der Waals surface area contributed by atoms with Gasteiger partial charge in [0.1, 0.15) is 0 Å². The van der Waals surface area contributed by atoms with Crippen molar-refractivity contribution in [1.82, 2.24) is 0 Å². The number of amides is 1. The molecule has 0 atom stereocenters. The number of thiocarbonyl (C=S) groups is 1. The number of anilines is 1. The first-order valence-corrected chi connectivity index (χ1v) is 9.40. The Balaban J connectivity index is 2.01. The topological polar surface area (TPSA) is 38.8 Å². The number of nitrogens with zero attached hydrogens (tertiary/aromatic N) is 1. The lowest BCUT2D eigenvalue weighted by Crippen LogP contribution is -2.28. The maximum atomic E-state index is 13.0. The van der Waals surface area contributed by atoms with E-state index in [1.54, 1.807) is 25.2 Å².